The molecule has 4 atom stereocenters. The zero-order valence-corrected chi connectivity index (χ0v) is 18.3. The number of ether oxygens (including phenoxy) is 3. The fraction of sp³-hybridized carbons (Fsp3) is 0.583. The van der Waals surface area contributed by atoms with Gasteiger partial charge in [-0.15, -0.1) is 0 Å². The molecule has 0 saturated carbocycles. The summed E-state index contributed by atoms with van der Waals surface area (Å²) >= 11 is 0. The SMILES string of the molecule is C=C1CC/C=C(\C)CC[C@@H]2C([C@@H](CC=C(C)C)OC(C)=O)=CO[C@@H](OC(C)=O)[C@@H]12. The highest BCUT2D eigenvalue weighted by atomic mass is 16.7. The molecule has 2 rings (SSSR count). The van der Waals surface area contributed by atoms with E-state index in [1.54, 1.807) is 6.26 Å². The van der Waals surface area contributed by atoms with Crippen LogP contribution in [0.15, 0.2) is 47.3 Å². The Balaban J connectivity index is 2.45. The highest BCUT2D eigenvalue weighted by Crippen LogP contribution is 2.43. The average Bonchev–Trinajstić information content (AvgIpc) is 2.68. The molecule has 0 aromatic carbocycles. The van der Waals surface area contributed by atoms with Gasteiger partial charge >= 0.3 is 11.9 Å². The summed E-state index contributed by atoms with van der Waals surface area (Å²) in [6.45, 7) is 13.3. The Kier molecular flexibility index (Phi) is 8.30. The van der Waals surface area contributed by atoms with Gasteiger partial charge in [-0.1, -0.05) is 35.5 Å². The van der Waals surface area contributed by atoms with Crippen LogP contribution in [0.4, 0.5) is 0 Å². The summed E-state index contributed by atoms with van der Waals surface area (Å²) in [5.41, 5.74) is 4.43. The van der Waals surface area contributed by atoms with Crippen LogP contribution in [-0.4, -0.2) is 24.3 Å². The van der Waals surface area contributed by atoms with Crippen LogP contribution in [-0.2, 0) is 23.8 Å². The molecule has 0 N–H and O–H groups in total. The van der Waals surface area contributed by atoms with Gasteiger partial charge in [0, 0.05) is 31.8 Å². The molecule has 0 spiro atoms. The molecule has 1 aliphatic heterocycles. The van der Waals surface area contributed by atoms with E-state index < -0.39 is 12.4 Å². The molecular weight excluding hydrogens is 368 g/mol. The molecule has 1 aliphatic carbocycles. The van der Waals surface area contributed by atoms with Gasteiger partial charge in [0.15, 0.2) is 0 Å². The van der Waals surface area contributed by atoms with Crippen molar-refractivity contribution >= 4 is 11.9 Å². The molecule has 0 aromatic rings. The highest BCUT2D eigenvalue weighted by molar-refractivity contribution is 5.67. The quantitative estimate of drug-likeness (QED) is 0.456. The van der Waals surface area contributed by atoms with Crippen molar-refractivity contribution in [1.82, 2.24) is 0 Å². The third-order valence-corrected chi connectivity index (χ3v) is 5.47. The van der Waals surface area contributed by atoms with Gasteiger partial charge in [0.2, 0.25) is 6.29 Å². The summed E-state index contributed by atoms with van der Waals surface area (Å²) in [6, 6.07) is 0. The standard InChI is InChI=1S/C24H34O5/c1-15(2)10-13-22(28-18(5)25)21-14-27-24(29-19(6)26)23-17(4)9-7-8-16(3)11-12-20(21)23/h8,10,14,20,22-24H,4,7,9,11-13H2,1-3,5-6H3/b16-8+/t20-,22-,23+,24+/m1/s1. The minimum atomic E-state index is -0.700. The van der Waals surface area contributed by atoms with Crippen LogP contribution >= 0.6 is 0 Å². The van der Waals surface area contributed by atoms with Gasteiger partial charge in [0.05, 0.1) is 12.2 Å². The second-order valence-electron chi connectivity index (χ2n) is 8.27. The van der Waals surface area contributed by atoms with Gasteiger partial charge in [-0.25, -0.2) is 0 Å². The Hall–Kier alpha value is -2.30. The zero-order chi connectivity index (χ0) is 21.6. The van der Waals surface area contributed by atoms with E-state index in [-0.39, 0.29) is 23.8 Å². The van der Waals surface area contributed by atoms with Gasteiger partial charge in [0.1, 0.15) is 6.10 Å². The van der Waals surface area contributed by atoms with E-state index in [1.807, 2.05) is 13.8 Å². The topological polar surface area (TPSA) is 61.8 Å². The van der Waals surface area contributed by atoms with Crippen molar-refractivity contribution in [3.05, 3.63) is 47.3 Å². The van der Waals surface area contributed by atoms with Crippen LogP contribution in [0.1, 0.15) is 66.7 Å². The number of allylic oxidation sites excluding steroid dienone is 3. The summed E-state index contributed by atoms with van der Waals surface area (Å²) in [5, 5.41) is 0. The van der Waals surface area contributed by atoms with Crippen molar-refractivity contribution in [2.24, 2.45) is 11.8 Å². The largest absolute Gasteiger partial charge is 0.462 e. The number of esters is 2. The van der Waals surface area contributed by atoms with Crippen LogP contribution in [0, 0.1) is 11.8 Å². The monoisotopic (exact) mass is 402 g/mol. The molecule has 0 aromatic heterocycles. The van der Waals surface area contributed by atoms with Crippen LogP contribution in [0.2, 0.25) is 0 Å². The Morgan fingerprint density at radius 3 is 2.59 bits per heavy atom. The van der Waals surface area contributed by atoms with Crippen molar-refractivity contribution in [3.8, 4) is 0 Å². The van der Waals surface area contributed by atoms with Crippen molar-refractivity contribution < 1.29 is 23.8 Å². The fourth-order valence-electron chi connectivity index (χ4n) is 4.07. The first-order valence-corrected chi connectivity index (χ1v) is 10.4. The van der Waals surface area contributed by atoms with E-state index in [4.69, 9.17) is 14.2 Å². The number of fused-ring (bicyclic) bond motifs is 1. The van der Waals surface area contributed by atoms with E-state index in [1.165, 1.54) is 19.4 Å². The lowest BCUT2D eigenvalue weighted by Crippen LogP contribution is -2.41. The molecule has 5 heteroatoms. The van der Waals surface area contributed by atoms with Crippen LogP contribution in [0.5, 0.6) is 0 Å². The fourth-order valence-corrected chi connectivity index (χ4v) is 4.07. The van der Waals surface area contributed by atoms with E-state index in [2.05, 4.69) is 25.7 Å². The molecule has 5 nitrogen and oxygen atoms in total. The minimum Gasteiger partial charge on any atom is -0.462 e. The van der Waals surface area contributed by atoms with E-state index in [0.29, 0.717) is 6.42 Å². The molecule has 0 saturated heterocycles. The van der Waals surface area contributed by atoms with Gasteiger partial charge in [0.25, 0.3) is 0 Å². The Labute approximate surface area is 174 Å². The number of carbonyl (C=O) groups excluding carboxylic acids is 2. The lowest BCUT2D eigenvalue weighted by molar-refractivity contribution is -0.181. The van der Waals surface area contributed by atoms with Gasteiger partial charge in [-0.2, -0.15) is 0 Å². The third-order valence-electron chi connectivity index (χ3n) is 5.47. The van der Waals surface area contributed by atoms with Crippen LogP contribution in [0.25, 0.3) is 0 Å². The predicted molar refractivity (Wildman–Crippen MR) is 113 cm³/mol. The molecule has 0 radical (unpaired) electrons. The average molecular weight is 403 g/mol. The van der Waals surface area contributed by atoms with Crippen LogP contribution in [0.3, 0.4) is 0 Å². The third kappa shape index (κ3) is 6.62. The van der Waals surface area contributed by atoms with Crippen molar-refractivity contribution in [1.29, 1.82) is 0 Å². The summed E-state index contributed by atoms with van der Waals surface area (Å²) < 4.78 is 17.1. The number of hydrogen-bond donors (Lipinski definition) is 0. The number of rotatable bonds is 5. The lowest BCUT2D eigenvalue weighted by Gasteiger charge is -2.40. The first-order valence-electron chi connectivity index (χ1n) is 10.4. The van der Waals surface area contributed by atoms with E-state index in [0.717, 1.165) is 42.4 Å². The Morgan fingerprint density at radius 2 is 1.97 bits per heavy atom. The maximum Gasteiger partial charge on any atom is 0.305 e. The van der Waals surface area contributed by atoms with E-state index >= 15 is 0 Å². The normalized spacial score (nSPS) is 27.3. The highest BCUT2D eigenvalue weighted by Gasteiger charge is 2.42. The smallest absolute Gasteiger partial charge is 0.305 e. The zero-order valence-electron chi connectivity index (χ0n) is 18.3. The molecule has 160 valence electrons. The second-order valence-corrected chi connectivity index (χ2v) is 8.27. The van der Waals surface area contributed by atoms with Gasteiger partial charge < -0.3 is 14.2 Å². The minimum absolute atomic E-state index is 0.0250. The summed E-state index contributed by atoms with van der Waals surface area (Å²) in [6.07, 6.45) is 8.92. The molecule has 0 amide bonds. The number of hydrogen-bond acceptors (Lipinski definition) is 5. The Bertz CT molecular complexity index is 724. The predicted octanol–water partition coefficient (Wildman–Crippen LogP) is 5.39. The Morgan fingerprint density at radius 1 is 1.24 bits per heavy atom. The van der Waals surface area contributed by atoms with E-state index in [9.17, 15) is 9.59 Å². The maximum absolute atomic E-state index is 11.8. The summed E-state index contributed by atoms with van der Waals surface area (Å²) in [4.78, 5) is 23.5. The summed E-state index contributed by atoms with van der Waals surface area (Å²) in [7, 11) is 0. The molecule has 1 heterocycles. The second kappa shape index (κ2) is 10.5. The molecule has 29 heavy (non-hydrogen) atoms. The van der Waals surface area contributed by atoms with Crippen molar-refractivity contribution in [2.45, 2.75) is 79.1 Å². The summed E-state index contributed by atoms with van der Waals surface area (Å²) in [5.74, 6) is -0.844. The van der Waals surface area contributed by atoms with Crippen molar-refractivity contribution in [3.63, 3.8) is 0 Å². The van der Waals surface area contributed by atoms with Crippen LogP contribution < -0.4 is 0 Å². The van der Waals surface area contributed by atoms with Crippen molar-refractivity contribution in [2.75, 3.05) is 0 Å². The molecular formula is C24H34O5. The first-order chi connectivity index (χ1) is 13.7. The van der Waals surface area contributed by atoms with Gasteiger partial charge in [-0.05, 0) is 46.5 Å². The molecule has 0 unspecified atom stereocenters. The maximum atomic E-state index is 11.8. The molecule has 0 bridgehead atoms. The number of carbonyl (C=O) groups is 2. The molecule has 2 aliphatic rings. The first kappa shape index (κ1) is 23.0. The lowest BCUT2D eigenvalue weighted by atomic mass is 9.74. The molecule has 0 fully saturated rings. The van der Waals surface area contributed by atoms with Gasteiger partial charge in [-0.3, -0.25) is 9.59 Å².